The maximum absolute atomic E-state index is 13.1. The lowest BCUT2D eigenvalue weighted by atomic mass is 10.1. The Morgan fingerprint density at radius 3 is 2.90 bits per heavy atom. The number of nitrogens with zero attached hydrogens (tertiary/aromatic N) is 4. The maximum Gasteiger partial charge on any atom is 0.264 e. The third-order valence-electron chi connectivity index (χ3n) is 6.16. The summed E-state index contributed by atoms with van der Waals surface area (Å²) in [7, 11) is 1.94. The minimum Gasteiger partial charge on any atom is -0.354 e. The van der Waals surface area contributed by atoms with Gasteiger partial charge in [0.1, 0.15) is 6.33 Å². The zero-order chi connectivity index (χ0) is 20.8. The van der Waals surface area contributed by atoms with Gasteiger partial charge < -0.3 is 15.2 Å². The number of aromatic amines is 1. The number of amides is 1. The van der Waals surface area contributed by atoms with E-state index in [1.165, 1.54) is 10.3 Å². The number of aromatic nitrogens is 4. The van der Waals surface area contributed by atoms with E-state index in [0.29, 0.717) is 6.04 Å². The van der Waals surface area contributed by atoms with Gasteiger partial charge in [-0.3, -0.25) is 4.79 Å². The van der Waals surface area contributed by atoms with E-state index in [9.17, 15) is 4.79 Å². The SMILES string of the molecule is CCc1c(-c2cc(C)c3ncnn3c2)[nH]c2cc(C(=O)N(C)C3CCNCC3)sc12. The van der Waals surface area contributed by atoms with Gasteiger partial charge in [0.25, 0.3) is 5.91 Å². The van der Waals surface area contributed by atoms with E-state index < -0.39 is 0 Å². The van der Waals surface area contributed by atoms with Crippen molar-refractivity contribution >= 4 is 33.1 Å². The van der Waals surface area contributed by atoms with Crippen LogP contribution in [0, 0.1) is 6.92 Å². The standard InChI is InChI=1S/C22H26N6OS/c1-4-16-19(14-9-13(2)21-24-12-25-28(21)11-14)26-17-10-18(30-20(16)17)22(29)27(3)15-5-7-23-8-6-15/h9-12,15,23,26H,4-8H2,1-3H3. The molecular weight excluding hydrogens is 396 g/mol. The van der Waals surface area contributed by atoms with Crippen LogP contribution in [0.3, 0.4) is 0 Å². The molecule has 0 aliphatic carbocycles. The van der Waals surface area contributed by atoms with Gasteiger partial charge in [-0.15, -0.1) is 11.3 Å². The second-order valence-corrected chi connectivity index (χ2v) is 9.07. The molecule has 1 amide bonds. The fourth-order valence-corrected chi connectivity index (χ4v) is 5.70. The summed E-state index contributed by atoms with van der Waals surface area (Å²) in [6.45, 7) is 6.17. The van der Waals surface area contributed by atoms with Crippen molar-refractivity contribution in [3.05, 3.63) is 40.7 Å². The van der Waals surface area contributed by atoms with Crippen LogP contribution in [0.15, 0.2) is 24.7 Å². The molecule has 0 bridgehead atoms. The van der Waals surface area contributed by atoms with Gasteiger partial charge in [0.05, 0.1) is 20.8 Å². The molecule has 5 rings (SSSR count). The lowest BCUT2D eigenvalue weighted by molar-refractivity contribution is 0.0708. The smallest absolute Gasteiger partial charge is 0.264 e. The number of carbonyl (C=O) groups is 1. The van der Waals surface area contributed by atoms with E-state index in [1.807, 2.05) is 28.7 Å². The predicted molar refractivity (Wildman–Crippen MR) is 120 cm³/mol. The number of hydrogen-bond donors (Lipinski definition) is 2. The summed E-state index contributed by atoms with van der Waals surface area (Å²) in [6, 6.07) is 4.48. The Hall–Kier alpha value is -2.71. The third-order valence-corrected chi connectivity index (χ3v) is 7.34. The summed E-state index contributed by atoms with van der Waals surface area (Å²) in [5.41, 5.74) is 6.43. The van der Waals surface area contributed by atoms with Gasteiger partial charge >= 0.3 is 0 Å². The van der Waals surface area contributed by atoms with Crippen molar-refractivity contribution < 1.29 is 4.79 Å². The molecule has 5 heterocycles. The summed E-state index contributed by atoms with van der Waals surface area (Å²) in [5, 5.41) is 7.67. The summed E-state index contributed by atoms with van der Waals surface area (Å²) in [6.07, 6.45) is 6.51. The third kappa shape index (κ3) is 3.11. The second-order valence-electron chi connectivity index (χ2n) is 8.02. The molecule has 4 aromatic rings. The monoisotopic (exact) mass is 422 g/mol. The Morgan fingerprint density at radius 1 is 1.33 bits per heavy atom. The highest BCUT2D eigenvalue weighted by molar-refractivity contribution is 7.21. The van der Waals surface area contributed by atoms with Crippen LogP contribution in [0.5, 0.6) is 0 Å². The van der Waals surface area contributed by atoms with Gasteiger partial charge in [0.15, 0.2) is 5.65 Å². The zero-order valence-corrected chi connectivity index (χ0v) is 18.3. The lowest BCUT2D eigenvalue weighted by Gasteiger charge is -2.31. The molecule has 1 fully saturated rings. The largest absolute Gasteiger partial charge is 0.354 e. The number of hydrogen-bond acceptors (Lipinski definition) is 5. The number of aryl methyl sites for hydroxylation is 2. The van der Waals surface area contributed by atoms with E-state index in [1.54, 1.807) is 17.7 Å². The minimum absolute atomic E-state index is 0.125. The predicted octanol–water partition coefficient (Wildman–Crippen LogP) is 3.63. The number of piperidine rings is 1. The van der Waals surface area contributed by atoms with Crippen LogP contribution in [0.25, 0.3) is 27.1 Å². The molecule has 0 aromatic carbocycles. The van der Waals surface area contributed by atoms with Crippen molar-refractivity contribution in [2.75, 3.05) is 20.1 Å². The van der Waals surface area contributed by atoms with Gasteiger partial charge in [0, 0.05) is 24.8 Å². The quantitative estimate of drug-likeness (QED) is 0.526. The zero-order valence-electron chi connectivity index (χ0n) is 17.5. The molecule has 0 radical (unpaired) electrons. The van der Waals surface area contributed by atoms with Crippen LogP contribution in [0.2, 0.25) is 0 Å². The van der Waals surface area contributed by atoms with Gasteiger partial charge in [-0.25, -0.2) is 9.50 Å². The van der Waals surface area contributed by atoms with Gasteiger partial charge in [-0.05, 0) is 62.5 Å². The van der Waals surface area contributed by atoms with E-state index >= 15 is 0 Å². The molecule has 0 spiro atoms. The van der Waals surface area contributed by atoms with E-state index in [4.69, 9.17) is 0 Å². The molecule has 0 unspecified atom stereocenters. The number of nitrogens with one attached hydrogen (secondary N) is 2. The van der Waals surface area contributed by atoms with Gasteiger partial charge in [0.2, 0.25) is 0 Å². The minimum atomic E-state index is 0.125. The first-order chi connectivity index (χ1) is 14.6. The average Bonchev–Trinajstić information content (AvgIpc) is 3.47. The fraction of sp³-hybridized carbons (Fsp3) is 0.409. The molecule has 8 heteroatoms. The van der Waals surface area contributed by atoms with Crippen LogP contribution >= 0.6 is 11.3 Å². The molecule has 2 N–H and O–H groups in total. The fourth-order valence-electron chi connectivity index (χ4n) is 4.48. The van der Waals surface area contributed by atoms with Crippen molar-refractivity contribution in [1.29, 1.82) is 0 Å². The van der Waals surface area contributed by atoms with Crippen molar-refractivity contribution in [3.8, 4) is 11.3 Å². The highest BCUT2D eigenvalue weighted by Gasteiger charge is 2.25. The van der Waals surface area contributed by atoms with Crippen LogP contribution in [-0.2, 0) is 6.42 Å². The Kier molecular flexibility index (Phi) is 4.83. The number of pyridine rings is 1. The number of H-pyrrole nitrogens is 1. The number of fused-ring (bicyclic) bond motifs is 2. The molecule has 156 valence electrons. The molecule has 1 aliphatic rings. The van der Waals surface area contributed by atoms with Crippen LogP contribution in [0.1, 0.15) is 40.6 Å². The number of carbonyl (C=O) groups excluding carboxylic acids is 1. The Bertz CT molecular complexity index is 1230. The summed E-state index contributed by atoms with van der Waals surface area (Å²) in [5.74, 6) is 0.125. The summed E-state index contributed by atoms with van der Waals surface area (Å²) < 4.78 is 2.99. The van der Waals surface area contributed by atoms with E-state index in [2.05, 4.69) is 40.3 Å². The van der Waals surface area contributed by atoms with Crippen molar-refractivity contribution in [2.24, 2.45) is 0 Å². The number of thiophene rings is 1. The number of rotatable bonds is 4. The molecule has 30 heavy (non-hydrogen) atoms. The Balaban J connectivity index is 1.51. The van der Waals surface area contributed by atoms with Crippen LogP contribution in [0.4, 0.5) is 0 Å². The molecule has 1 aliphatic heterocycles. The van der Waals surface area contributed by atoms with E-state index in [-0.39, 0.29) is 5.91 Å². The van der Waals surface area contributed by atoms with E-state index in [0.717, 1.165) is 65.2 Å². The van der Waals surface area contributed by atoms with Crippen molar-refractivity contribution in [3.63, 3.8) is 0 Å². The average molecular weight is 423 g/mol. The van der Waals surface area contributed by atoms with Crippen LogP contribution < -0.4 is 5.32 Å². The van der Waals surface area contributed by atoms with Crippen LogP contribution in [-0.4, -0.2) is 56.6 Å². The molecule has 7 nitrogen and oxygen atoms in total. The summed E-state index contributed by atoms with van der Waals surface area (Å²) in [4.78, 5) is 23.7. The maximum atomic E-state index is 13.1. The summed E-state index contributed by atoms with van der Waals surface area (Å²) >= 11 is 1.60. The van der Waals surface area contributed by atoms with Crippen molar-refractivity contribution in [1.82, 2.24) is 29.8 Å². The van der Waals surface area contributed by atoms with Gasteiger partial charge in [-0.2, -0.15) is 5.10 Å². The van der Waals surface area contributed by atoms with Crippen molar-refractivity contribution in [2.45, 2.75) is 39.2 Å². The first-order valence-corrected chi connectivity index (χ1v) is 11.3. The Labute approximate surface area is 179 Å². The van der Waals surface area contributed by atoms with Gasteiger partial charge in [-0.1, -0.05) is 6.92 Å². The highest BCUT2D eigenvalue weighted by Crippen LogP contribution is 2.37. The molecule has 0 saturated carbocycles. The molecular formula is C22H26N6OS. The highest BCUT2D eigenvalue weighted by atomic mass is 32.1. The molecule has 0 atom stereocenters. The molecule has 1 saturated heterocycles. The first kappa shape index (κ1) is 19.3. The second kappa shape index (κ2) is 7.52. The first-order valence-electron chi connectivity index (χ1n) is 10.5. The Morgan fingerprint density at radius 2 is 2.13 bits per heavy atom. The normalized spacial score (nSPS) is 15.3. The molecule has 4 aromatic heterocycles. The topological polar surface area (TPSA) is 78.3 Å². The lowest BCUT2D eigenvalue weighted by Crippen LogP contribution is -2.43.